The molecule has 0 aliphatic rings. The van der Waals surface area contributed by atoms with E-state index in [1.807, 2.05) is 0 Å². The van der Waals surface area contributed by atoms with E-state index in [2.05, 4.69) is 9.97 Å². The topological polar surface area (TPSA) is 47.3 Å². The molecule has 0 saturated carbocycles. The Kier molecular flexibility index (Phi) is 1.18. The Morgan fingerprint density at radius 1 is 1.55 bits per heavy atom. The highest BCUT2D eigenvalue weighted by atomic mass is 16.1. The van der Waals surface area contributed by atoms with Gasteiger partial charge in [0.1, 0.15) is 6.33 Å². The number of carbonyl (C=O) groups excluding carboxylic acids is 1. The molecule has 2 heterocycles. The Bertz CT molecular complexity index is 393. The van der Waals surface area contributed by atoms with Gasteiger partial charge in [0.25, 0.3) is 0 Å². The van der Waals surface area contributed by atoms with Crippen molar-refractivity contribution >= 4 is 11.8 Å². The summed E-state index contributed by atoms with van der Waals surface area (Å²) in [6, 6.07) is 1.79. The Labute approximate surface area is 62.5 Å². The zero-order valence-corrected chi connectivity index (χ0v) is 5.64. The maximum Gasteiger partial charge on any atom is 0.185 e. The molecular weight excluding hydrogens is 142 g/mol. The highest BCUT2D eigenvalue weighted by Gasteiger charge is 1.98. The minimum absolute atomic E-state index is 0.383. The summed E-state index contributed by atoms with van der Waals surface area (Å²) in [7, 11) is 0. The number of imidazole rings is 1. The maximum atomic E-state index is 10.4. The maximum absolute atomic E-state index is 10.4. The number of hydrogen-bond acceptors (Lipinski definition) is 3. The van der Waals surface area contributed by atoms with Crippen LogP contribution in [0, 0.1) is 0 Å². The first kappa shape index (κ1) is 6.03. The van der Waals surface area contributed by atoms with E-state index in [1.165, 1.54) is 0 Å². The molecule has 4 heteroatoms. The van der Waals surface area contributed by atoms with Crippen LogP contribution in [0.25, 0.3) is 5.52 Å². The van der Waals surface area contributed by atoms with E-state index in [1.54, 1.807) is 29.2 Å². The van der Waals surface area contributed by atoms with Crippen molar-refractivity contribution in [1.82, 2.24) is 14.4 Å². The number of carbonyl (C=O) groups is 1. The lowest BCUT2D eigenvalue weighted by molar-refractivity contribution is 0.111. The second kappa shape index (κ2) is 2.16. The van der Waals surface area contributed by atoms with Crippen LogP contribution in [0.4, 0.5) is 0 Å². The smallest absolute Gasteiger partial charge is 0.185 e. The normalized spacial score (nSPS) is 10.2. The molecule has 0 unspecified atom stereocenters. The minimum Gasteiger partial charge on any atom is -0.294 e. The van der Waals surface area contributed by atoms with Crippen molar-refractivity contribution in [2.75, 3.05) is 0 Å². The fourth-order valence-electron chi connectivity index (χ4n) is 0.950. The number of rotatable bonds is 1. The van der Waals surface area contributed by atoms with Crippen LogP contribution in [0.3, 0.4) is 0 Å². The highest BCUT2D eigenvalue weighted by Crippen LogP contribution is 2.01. The summed E-state index contributed by atoms with van der Waals surface area (Å²) in [6.45, 7) is 0. The second-order valence-electron chi connectivity index (χ2n) is 2.11. The standard InChI is InChI=1S/C7H5N3O/c11-4-7-9-3-6-1-2-8-5-10(6)7/h1-5H. The fourth-order valence-corrected chi connectivity index (χ4v) is 0.950. The van der Waals surface area contributed by atoms with Crippen LogP contribution in [-0.2, 0) is 0 Å². The van der Waals surface area contributed by atoms with Crippen molar-refractivity contribution in [1.29, 1.82) is 0 Å². The van der Waals surface area contributed by atoms with Crippen molar-refractivity contribution in [2.45, 2.75) is 0 Å². The van der Waals surface area contributed by atoms with Gasteiger partial charge in [-0.15, -0.1) is 0 Å². The quantitative estimate of drug-likeness (QED) is 0.553. The number of hydrogen-bond donors (Lipinski definition) is 0. The van der Waals surface area contributed by atoms with Crippen molar-refractivity contribution in [2.24, 2.45) is 0 Å². The predicted molar refractivity (Wildman–Crippen MR) is 38.4 cm³/mol. The zero-order valence-electron chi connectivity index (χ0n) is 5.64. The lowest BCUT2D eigenvalue weighted by Crippen LogP contribution is -1.91. The summed E-state index contributed by atoms with van der Waals surface area (Å²) in [5.41, 5.74) is 0.877. The predicted octanol–water partition coefficient (Wildman–Crippen LogP) is 0.542. The molecule has 0 N–H and O–H groups in total. The summed E-state index contributed by atoms with van der Waals surface area (Å²) in [5, 5.41) is 0. The second-order valence-corrected chi connectivity index (χ2v) is 2.11. The summed E-state index contributed by atoms with van der Waals surface area (Å²) >= 11 is 0. The summed E-state index contributed by atoms with van der Waals surface area (Å²) in [5.74, 6) is 0.383. The van der Waals surface area contributed by atoms with Gasteiger partial charge in [-0.2, -0.15) is 0 Å². The SMILES string of the molecule is O=Cc1ncc2ccncn12. The van der Waals surface area contributed by atoms with Crippen LogP contribution in [0.5, 0.6) is 0 Å². The van der Waals surface area contributed by atoms with E-state index in [9.17, 15) is 4.79 Å². The number of nitrogens with zero attached hydrogens (tertiary/aromatic N) is 3. The molecule has 0 atom stereocenters. The summed E-state index contributed by atoms with van der Waals surface area (Å²) in [6.07, 6.45) is 5.55. The van der Waals surface area contributed by atoms with Gasteiger partial charge in [-0.25, -0.2) is 9.97 Å². The minimum atomic E-state index is 0.383. The Balaban J connectivity index is 2.86. The summed E-state index contributed by atoms with van der Waals surface area (Å²) in [4.78, 5) is 18.1. The average Bonchev–Trinajstić information content (AvgIpc) is 2.47. The number of aromatic nitrogens is 3. The third kappa shape index (κ3) is 0.797. The molecule has 0 aliphatic heterocycles. The Morgan fingerprint density at radius 3 is 3.27 bits per heavy atom. The van der Waals surface area contributed by atoms with Crippen LogP contribution in [0.15, 0.2) is 24.8 Å². The van der Waals surface area contributed by atoms with E-state index in [0.717, 1.165) is 5.52 Å². The van der Waals surface area contributed by atoms with E-state index in [-0.39, 0.29) is 0 Å². The van der Waals surface area contributed by atoms with Gasteiger partial charge in [0.05, 0.1) is 11.7 Å². The molecule has 0 aliphatic carbocycles. The molecule has 2 aromatic rings. The number of aldehydes is 1. The molecule has 0 saturated heterocycles. The van der Waals surface area contributed by atoms with Gasteiger partial charge in [-0.3, -0.25) is 9.20 Å². The Hall–Kier alpha value is -1.71. The van der Waals surface area contributed by atoms with Crippen LogP contribution < -0.4 is 0 Å². The first-order chi connectivity index (χ1) is 5.42. The van der Waals surface area contributed by atoms with Gasteiger partial charge in [-0.05, 0) is 6.07 Å². The van der Waals surface area contributed by atoms with Gasteiger partial charge < -0.3 is 0 Å². The van der Waals surface area contributed by atoms with Gasteiger partial charge in [0.2, 0.25) is 0 Å². The molecule has 0 fully saturated rings. The zero-order chi connectivity index (χ0) is 7.68. The van der Waals surface area contributed by atoms with E-state index < -0.39 is 0 Å². The van der Waals surface area contributed by atoms with Gasteiger partial charge in [0, 0.05) is 6.20 Å². The van der Waals surface area contributed by atoms with Crippen LogP contribution in [0.2, 0.25) is 0 Å². The third-order valence-corrected chi connectivity index (χ3v) is 1.47. The molecular formula is C7H5N3O. The molecule has 0 bridgehead atoms. The van der Waals surface area contributed by atoms with Gasteiger partial charge in [-0.1, -0.05) is 0 Å². The highest BCUT2D eigenvalue weighted by molar-refractivity contribution is 5.71. The van der Waals surface area contributed by atoms with Gasteiger partial charge in [0.15, 0.2) is 12.1 Å². The fraction of sp³-hybridized carbons (Fsp3) is 0. The lowest BCUT2D eigenvalue weighted by Gasteiger charge is -1.90. The molecule has 2 aromatic heterocycles. The van der Waals surface area contributed by atoms with E-state index in [0.29, 0.717) is 12.1 Å². The van der Waals surface area contributed by atoms with Crippen molar-refractivity contribution in [3.8, 4) is 0 Å². The van der Waals surface area contributed by atoms with Crippen LogP contribution >= 0.6 is 0 Å². The van der Waals surface area contributed by atoms with Crippen molar-refractivity contribution < 1.29 is 4.79 Å². The van der Waals surface area contributed by atoms with Gasteiger partial charge >= 0.3 is 0 Å². The summed E-state index contributed by atoms with van der Waals surface area (Å²) < 4.78 is 1.63. The average molecular weight is 147 g/mol. The molecule has 4 nitrogen and oxygen atoms in total. The van der Waals surface area contributed by atoms with Crippen LogP contribution in [-0.4, -0.2) is 20.7 Å². The molecule has 2 rings (SSSR count). The molecule has 0 radical (unpaired) electrons. The molecule has 0 amide bonds. The third-order valence-electron chi connectivity index (χ3n) is 1.47. The first-order valence-corrected chi connectivity index (χ1v) is 3.14. The first-order valence-electron chi connectivity index (χ1n) is 3.14. The van der Waals surface area contributed by atoms with Crippen molar-refractivity contribution in [3.05, 3.63) is 30.6 Å². The van der Waals surface area contributed by atoms with Crippen LogP contribution in [0.1, 0.15) is 10.6 Å². The number of fused-ring (bicyclic) bond motifs is 1. The molecule has 54 valence electrons. The molecule has 0 aromatic carbocycles. The monoisotopic (exact) mass is 147 g/mol. The Morgan fingerprint density at radius 2 is 2.45 bits per heavy atom. The largest absolute Gasteiger partial charge is 0.294 e. The molecule has 11 heavy (non-hydrogen) atoms. The van der Waals surface area contributed by atoms with E-state index >= 15 is 0 Å². The van der Waals surface area contributed by atoms with Crippen molar-refractivity contribution in [3.63, 3.8) is 0 Å². The van der Waals surface area contributed by atoms with E-state index in [4.69, 9.17) is 0 Å². The lowest BCUT2D eigenvalue weighted by atomic mass is 10.5. The molecule has 0 spiro atoms.